The summed E-state index contributed by atoms with van der Waals surface area (Å²) in [6, 6.07) is -1.60. The van der Waals surface area contributed by atoms with E-state index < -0.39 is 61.3 Å². The second-order valence-corrected chi connectivity index (χ2v) is 10.5. The van der Waals surface area contributed by atoms with E-state index in [1.165, 1.54) is 7.11 Å². The molecule has 0 radical (unpaired) electrons. The minimum absolute atomic E-state index is 0.257. The minimum Gasteiger partial charge on any atom is -0.469 e. The second kappa shape index (κ2) is 19.9. The van der Waals surface area contributed by atoms with Crippen molar-refractivity contribution in [2.45, 2.75) is 140 Å². The summed E-state index contributed by atoms with van der Waals surface area (Å²) in [5.41, 5.74) is 18.4. The van der Waals surface area contributed by atoms with Gasteiger partial charge in [0.1, 0.15) is 12.2 Å². The fraction of sp³-hybridized carbons (Fsp3) is 0.963. The van der Waals surface area contributed by atoms with Gasteiger partial charge in [-0.3, -0.25) is 4.79 Å². The molecule has 2 fully saturated rings. The molecule has 4 unspecified atom stereocenters. The van der Waals surface area contributed by atoms with Crippen molar-refractivity contribution in [3.8, 4) is 0 Å². The average Bonchev–Trinajstić information content (AvgIpc) is 2.97. The van der Waals surface area contributed by atoms with Crippen molar-refractivity contribution in [3.05, 3.63) is 20.9 Å². The van der Waals surface area contributed by atoms with Gasteiger partial charge in [-0.2, -0.15) is 0 Å². The summed E-state index contributed by atoms with van der Waals surface area (Å²) in [5.74, 6) is -0.257. The lowest BCUT2D eigenvalue weighted by molar-refractivity contribution is -0.351. The van der Waals surface area contributed by atoms with E-state index in [4.69, 9.17) is 34.0 Å². The maximum atomic E-state index is 11.4. The predicted molar refractivity (Wildman–Crippen MR) is 151 cm³/mol. The molecule has 2 aliphatic rings. The number of azide groups is 2. The first-order valence-electron chi connectivity index (χ1n) is 15.0. The van der Waals surface area contributed by atoms with Crippen LogP contribution in [-0.4, -0.2) is 99.3 Å². The highest BCUT2D eigenvalue weighted by Crippen LogP contribution is 2.34. The first-order chi connectivity index (χ1) is 20.3. The lowest BCUT2D eigenvalue weighted by Crippen LogP contribution is -2.63. The Bertz CT molecular complexity index is 888. The van der Waals surface area contributed by atoms with E-state index in [9.17, 15) is 15.4 Å². The van der Waals surface area contributed by atoms with Gasteiger partial charge in [0.05, 0.1) is 43.6 Å². The monoisotopic (exact) mass is 600 g/mol. The van der Waals surface area contributed by atoms with Crippen molar-refractivity contribution in [2.75, 3.05) is 26.9 Å². The molecule has 0 aliphatic carbocycles. The van der Waals surface area contributed by atoms with Crippen LogP contribution in [0.3, 0.4) is 0 Å². The highest BCUT2D eigenvalue weighted by molar-refractivity contribution is 5.68. The number of hydrogen-bond donors (Lipinski definition) is 1. The Balaban J connectivity index is 2.31. The third-order valence-corrected chi connectivity index (χ3v) is 7.36. The van der Waals surface area contributed by atoms with Crippen LogP contribution >= 0.6 is 0 Å². The van der Waals surface area contributed by atoms with Gasteiger partial charge in [-0.15, -0.1) is 0 Å². The second-order valence-electron chi connectivity index (χ2n) is 10.5. The number of esters is 1. The molecule has 15 heteroatoms. The highest BCUT2D eigenvalue weighted by Gasteiger charge is 2.51. The number of aliphatic hydroxyl groups excluding tert-OH is 1. The zero-order chi connectivity index (χ0) is 30.9. The molecule has 0 spiro atoms. The van der Waals surface area contributed by atoms with Crippen molar-refractivity contribution in [2.24, 2.45) is 10.2 Å². The topological polar surface area (TPSA) is 199 Å². The summed E-state index contributed by atoms with van der Waals surface area (Å²) in [5, 5.41) is 18.8. The molecule has 240 valence electrons. The highest BCUT2D eigenvalue weighted by atomic mass is 16.8. The average molecular weight is 601 g/mol. The van der Waals surface area contributed by atoms with Gasteiger partial charge in [0.2, 0.25) is 0 Å². The third-order valence-electron chi connectivity index (χ3n) is 7.36. The third kappa shape index (κ3) is 10.8. The molecule has 0 aromatic heterocycles. The van der Waals surface area contributed by atoms with E-state index in [0.29, 0.717) is 39.1 Å². The Kier molecular flexibility index (Phi) is 17.1. The van der Waals surface area contributed by atoms with Gasteiger partial charge in [0, 0.05) is 36.1 Å². The lowest BCUT2D eigenvalue weighted by Gasteiger charge is -2.48. The zero-order valence-electron chi connectivity index (χ0n) is 25.4. The number of ether oxygens (including phenoxy) is 7. The molecule has 15 nitrogen and oxygen atoms in total. The van der Waals surface area contributed by atoms with Gasteiger partial charge in [-0.05, 0) is 50.6 Å². The quantitative estimate of drug-likeness (QED) is 0.0717. The standard InChI is InChI=1S/C27H48N6O9/c1-6-8-14-37-23-21(31-33-29)18(4)40-26(39-16-12-10-11-13-19(34)36-5)25(23)42-27-24(38-15-9-7-2)22(35)20(30-32-28)17(3)41-27/h17-18,20-27,35H,6-16H2,1-5H3/t17?,18?,20-,21-,22?,23?,24-,25-,26+,27-/m1/s1. The van der Waals surface area contributed by atoms with E-state index in [1.54, 1.807) is 13.8 Å². The maximum Gasteiger partial charge on any atom is 0.305 e. The molecule has 10 atom stereocenters. The van der Waals surface area contributed by atoms with Gasteiger partial charge in [-0.1, -0.05) is 43.3 Å². The number of rotatable bonds is 19. The van der Waals surface area contributed by atoms with Gasteiger partial charge >= 0.3 is 5.97 Å². The summed E-state index contributed by atoms with van der Waals surface area (Å²) < 4.78 is 41.9. The molecule has 1 N–H and O–H groups in total. The molecule has 2 rings (SSSR count). The summed E-state index contributed by atoms with van der Waals surface area (Å²) in [4.78, 5) is 17.3. The number of unbranched alkanes of at least 4 members (excludes halogenated alkanes) is 4. The smallest absolute Gasteiger partial charge is 0.305 e. The van der Waals surface area contributed by atoms with Crippen molar-refractivity contribution < 1.29 is 43.1 Å². The summed E-state index contributed by atoms with van der Waals surface area (Å²) in [6.45, 7) is 8.56. The minimum atomic E-state index is -1.20. The molecular formula is C27H48N6O9. The normalized spacial score (nSPS) is 32.9. The Labute approximate surface area is 247 Å². The van der Waals surface area contributed by atoms with E-state index in [1.807, 2.05) is 13.8 Å². The number of nitrogens with zero attached hydrogens (tertiary/aromatic N) is 6. The van der Waals surface area contributed by atoms with Crippen LogP contribution in [0, 0.1) is 0 Å². The molecular weight excluding hydrogens is 552 g/mol. The number of methoxy groups -OCH3 is 1. The summed E-state index contributed by atoms with van der Waals surface area (Å²) in [6.07, 6.45) is -1.39. The largest absolute Gasteiger partial charge is 0.469 e. The molecule has 2 saturated heterocycles. The first kappa shape index (κ1) is 36.0. The van der Waals surface area contributed by atoms with Crippen molar-refractivity contribution >= 4 is 5.97 Å². The molecule has 0 aromatic rings. The fourth-order valence-electron chi connectivity index (χ4n) is 4.92. The van der Waals surface area contributed by atoms with Crippen LogP contribution in [0.15, 0.2) is 10.2 Å². The van der Waals surface area contributed by atoms with Crippen molar-refractivity contribution in [3.63, 3.8) is 0 Å². The first-order valence-corrected chi connectivity index (χ1v) is 15.0. The van der Waals surface area contributed by atoms with Crippen LogP contribution in [0.25, 0.3) is 20.9 Å². The van der Waals surface area contributed by atoms with Crippen molar-refractivity contribution in [1.29, 1.82) is 0 Å². The fourth-order valence-corrected chi connectivity index (χ4v) is 4.92. The summed E-state index contributed by atoms with van der Waals surface area (Å²) in [7, 11) is 1.36. The molecule has 42 heavy (non-hydrogen) atoms. The van der Waals surface area contributed by atoms with Gasteiger partial charge < -0.3 is 38.3 Å². The van der Waals surface area contributed by atoms with E-state index in [0.717, 1.165) is 32.1 Å². The predicted octanol–water partition coefficient (Wildman–Crippen LogP) is 4.70. The number of carbonyl (C=O) groups is 1. The van der Waals surface area contributed by atoms with Crippen LogP contribution in [0.1, 0.15) is 79.1 Å². The summed E-state index contributed by atoms with van der Waals surface area (Å²) >= 11 is 0. The molecule has 0 saturated carbocycles. The van der Waals surface area contributed by atoms with Gasteiger partial charge in [-0.25, -0.2) is 0 Å². The molecule has 2 heterocycles. The van der Waals surface area contributed by atoms with Crippen LogP contribution in [0.4, 0.5) is 0 Å². The molecule has 2 aliphatic heterocycles. The van der Waals surface area contributed by atoms with E-state index in [2.05, 4.69) is 24.8 Å². The number of aliphatic hydroxyl groups is 1. The Morgan fingerprint density at radius 3 is 1.98 bits per heavy atom. The number of hydrogen-bond acceptors (Lipinski definition) is 11. The van der Waals surface area contributed by atoms with Crippen LogP contribution in [0.5, 0.6) is 0 Å². The SMILES string of the molecule is CCCCOC1[C@H](N=[N+]=[N-])C(C)O[C@H](OCCCCCC(=O)OC)[C@@H]1O[C@H]1OC(C)[C@@H](N=[N+]=[N-])C(O)[C@H]1OCCCC. The maximum absolute atomic E-state index is 11.4. The Hall–Kier alpha value is -2.19. The molecule has 0 aromatic carbocycles. The lowest BCUT2D eigenvalue weighted by atomic mass is 9.95. The Morgan fingerprint density at radius 2 is 1.36 bits per heavy atom. The van der Waals surface area contributed by atoms with Crippen LogP contribution in [-0.2, 0) is 38.0 Å². The van der Waals surface area contributed by atoms with Crippen LogP contribution in [0.2, 0.25) is 0 Å². The van der Waals surface area contributed by atoms with Crippen molar-refractivity contribution in [1.82, 2.24) is 0 Å². The zero-order valence-corrected chi connectivity index (χ0v) is 25.4. The van der Waals surface area contributed by atoms with E-state index >= 15 is 0 Å². The van der Waals surface area contributed by atoms with Gasteiger partial charge in [0.15, 0.2) is 12.6 Å². The van der Waals surface area contributed by atoms with Gasteiger partial charge in [0.25, 0.3) is 0 Å². The van der Waals surface area contributed by atoms with Crippen LogP contribution < -0.4 is 0 Å². The Morgan fingerprint density at radius 1 is 0.786 bits per heavy atom. The molecule has 0 amide bonds. The number of carbonyl (C=O) groups excluding carboxylic acids is 1. The molecule has 0 bridgehead atoms. The van der Waals surface area contributed by atoms with E-state index in [-0.39, 0.29) is 5.97 Å².